The maximum Gasteiger partial charge on any atom is 0.267 e. The number of hydrogen-bond donors (Lipinski definition) is 4. The fourth-order valence-electron chi connectivity index (χ4n) is 4.73. The maximum atomic E-state index is 11.4. The molecule has 2 atom stereocenters. The Labute approximate surface area is 252 Å². The Kier molecular flexibility index (Phi) is 9.83. The molecule has 0 spiro atoms. The number of fused-ring (bicyclic) bond motifs is 2. The van der Waals surface area contributed by atoms with Gasteiger partial charge in [-0.3, -0.25) is 9.11 Å². The number of aliphatic hydroxyl groups excluding tert-OH is 2. The van der Waals surface area contributed by atoms with Crippen LogP contribution in [0.5, 0.6) is 0 Å². The molecule has 0 saturated heterocycles. The fourth-order valence-corrected chi connectivity index (χ4v) is 7.37. The Bertz CT molecular complexity index is 1740. The van der Waals surface area contributed by atoms with E-state index in [9.17, 15) is 36.2 Å². The summed E-state index contributed by atoms with van der Waals surface area (Å²) in [5.41, 5.74) is 3.95. The van der Waals surface area contributed by atoms with Crippen molar-refractivity contribution in [2.45, 2.75) is 38.5 Å². The second-order valence-corrected chi connectivity index (χ2v) is 14.7. The molecular formula is C26H29Cl2N2O8S3+. The predicted octanol–water partition coefficient (Wildman–Crippen LogP) is 3.73. The molecule has 0 fully saturated rings. The van der Waals surface area contributed by atoms with E-state index >= 15 is 0 Å². The number of nitrogens with zero attached hydrogens (tertiary/aromatic N) is 2. The van der Waals surface area contributed by atoms with Gasteiger partial charge in [0.2, 0.25) is 5.52 Å². The molecule has 15 heteroatoms. The second kappa shape index (κ2) is 12.7. The first-order chi connectivity index (χ1) is 19.1. The van der Waals surface area contributed by atoms with E-state index in [2.05, 4.69) is 0 Å². The maximum absolute atomic E-state index is 11.4. The lowest BCUT2D eigenvalue weighted by Crippen LogP contribution is -2.43. The van der Waals surface area contributed by atoms with Crippen molar-refractivity contribution >= 4 is 76.8 Å². The minimum atomic E-state index is -4.40. The molecule has 0 bridgehead atoms. The smallest absolute Gasteiger partial charge is 0.267 e. The van der Waals surface area contributed by atoms with Crippen LogP contribution in [0.4, 0.5) is 5.69 Å². The molecule has 4 rings (SSSR count). The molecule has 2 aromatic carbocycles. The molecule has 2 heterocycles. The van der Waals surface area contributed by atoms with Crippen molar-refractivity contribution < 1.29 is 40.7 Å². The highest BCUT2D eigenvalue weighted by atomic mass is 35.5. The van der Waals surface area contributed by atoms with Crippen molar-refractivity contribution in [2.75, 3.05) is 23.0 Å². The van der Waals surface area contributed by atoms with Crippen LogP contribution in [0.25, 0.3) is 16.3 Å². The lowest BCUT2D eigenvalue weighted by molar-refractivity contribution is -0.675. The minimum Gasteiger partial charge on any atom is -0.390 e. The van der Waals surface area contributed by atoms with Gasteiger partial charge in [0.05, 0.1) is 6.10 Å². The monoisotopic (exact) mass is 663 g/mol. The van der Waals surface area contributed by atoms with E-state index in [1.807, 2.05) is 31.2 Å². The molecule has 41 heavy (non-hydrogen) atoms. The number of hydrogen-bond acceptors (Lipinski definition) is 8. The SMILES string of the molecule is CCC(=C\c1sc2ccc(Cl)cc2[n+]1CC(O)CS(=O)(=O)O)/C=C1\Cc2ccc(Cl)cc2N1CC(O)CS(=O)(=O)O. The van der Waals surface area contributed by atoms with Crippen molar-refractivity contribution in [1.82, 2.24) is 0 Å². The van der Waals surface area contributed by atoms with Crippen LogP contribution in [-0.4, -0.2) is 66.4 Å². The molecule has 1 aliphatic heterocycles. The molecule has 1 aromatic heterocycles. The van der Waals surface area contributed by atoms with E-state index < -0.39 is 43.9 Å². The number of aliphatic hydroxyl groups is 2. The Morgan fingerprint density at radius 2 is 1.66 bits per heavy atom. The molecule has 3 aromatic rings. The summed E-state index contributed by atoms with van der Waals surface area (Å²) in [6.07, 6.45) is 2.13. The average Bonchev–Trinajstić information content (AvgIpc) is 3.33. The third-order valence-electron chi connectivity index (χ3n) is 6.41. The van der Waals surface area contributed by atoms with E-state index in [4.69, 9.17) is 23.2 Å². The van der Waals surface area contributed by atoms with Crippen molar-refractivity contribution in [3.63, 3.8) is 0 Å². The van der Waals surface area contributed by atoms with Gasteiger partial charge in [-0.05, 0) is 47.9 Å². The summed E-state index contributed by atoms with van der Waals surface area (Å²) in [7, 11) is -8.80. The van der Waals surface area contributed by atoms with Gasteiger partial charge in [-0.25, -0.2) is 0 Å². The van der Waals surface area contributed by atoms with Crippen molar-refractivity contribution in [3.05, 3.63) is 74.4 Å². The molecule has 0 amide bonds. The molecule has 4 N–H and O–H groups in total. The van der Waals surface area contributed by atoms with Gasteiger partial charge in [0.1, 0.15) is 22.3 Å². The largest absolute Gasteiger partial charge is 0.390 e. The van der Waals surface area contributed by atoms with Crippen molar-refractivity contribution in [2.24, 2.45) is 0 Å². The van der Waals surface area contributed by atoms with Crippen LogP contribution in [0.2, 0.25) is 10.0 Å². The van der Waals surface area contributed by atoms with Crippen molar-refractivity contribution in [3.8, 4) is 0 Å². The number of aromatic nitrogens is 1. The van der Waals surface area contributed by atoms with E-state index in [0.717, 1.165) is 21.5 Å². The van der Waals surface area contributed by atoms with Crippen LogP contribution in [0, 0.1) is 0 Å². The number of allylic oxidation sites excluding steroid dienone is 3. The minimum absolute atomic E-state index is 0.0980. The predicted molar refractivity (Wildman–Crippen MR) is 161 cm³/mol. The molecule has 222 valence electrons. The summed E-state index contributed by atoms with van der Waals surface area (Å²) in [4.78, 5) is 1.77. The molecule has 1 aliphatic rings. The lowest BCUT2D eigenvalue weighted by atomic mass is 10.1. The lowest BCUT2D eigenvalue weighted by Gasteiger charge is -2.24. The zero-order valence-electron chi connectivity index (χ0n) is 21.8. The Balaban J connectivity index is 1.75. The number of β-amino-alcohol motifs (C(OH)–C–C–N with tert-alkyl or cyclic N) is 1. The molecule has 10 nitrogen and oxygen atoms in total. The van der Waals surface area contributed by atoms with E-state index in [1.54, 1.807) is 33.7 Å². The van der Waals surface area contributed by atoms with Gasteiger partial charge in [0, 0.05) is 46.5 Å². The number of halogens is 2. The third kappa shape index (κ3) is 8.49. The van der Waals surface area contributed by atoms with E-state index in [0.29, 0.717) is 39.1 Å². The standard InChI is InChI=1S/C26H28Cl2N2O8S3/c1-2-16(7-20-9-17-3-4-18(27)10-23(17)29(20)12-21(31)14-40(33,34)35)8-26-30(13-22(32)15-41(36,37)38)24-11-19(28)5-6-25(24)39-26/h3-8,10-11,21-22,31-32H,2,9,12-15H2,1H3,(H-,33,34,35,36,37,38)/p+1. The van der Waals surface area contributed by atoms with Gasteiger partial charge < -0.3 is 15.1 Å². The van der Waals surface area contributed by atoms with Crippen LogP contribution in [0.1, 0.15) is 23.9 Å². The quantitative estimate of drug-likeness (QED) is 0.177. The molecule has 2 unspecified atom stereocenters. The summed E-state index contributed by atoms with van der Waals surface area (Å²) in [5, 5.41) is 22.5. The molecule has 0 aliphatic carbocycles. The summed E-state index contributed by atoms with van der Waals surface area (Å²) in [6.45, 7) is 1.73. The van der Waals surface area contributed by atoms with Gasteiger partial charge in [0.25, 0.3) is 25.2 Å². The summed E-state index contributed by atoms with van der Waals surface area (Å²) < 4.78 is 66.5. The van der Waals surface area contributed by atoms with Crippen LogP contribution < -0.4 is 9.47 Å². The van der Waals surface area contributed by atoms with Gasteiger partial charge in [-0.15, -0.1) is 0 Å². The summed E-state index contributed by atoms with van der Waals surface area (Å²) in [6, 6.07) is 10.6. The molecular weight excluding hydrogens is 635 g/mol. The number of benzene rings is 2. The van der Waals surface area contributed by atoms with Gasteiger partial charge in [-0.2, -0.15) is 21.4 Å². The highest BCUT2D eigenvalue weighted by molar-refractivity contribution is 7.86. The molecule has 0 saturated carbocycles. The molecule has 0 radical (unpaired) electrons. The van der Waals surface area contributed by atoms with Gasteiger partial charge in [0.15, 0.2) is 6.54 Å². The Morgan fingerprint density at radius 3 is 2.32 bits per heavy atom. The highest BCUT2D eigenvalue weighted by Crippen LogP contribution is 2.37. The number of rotatable bonds is 11. The van der Waals surface area contributed by atoms with Crippen LogP contribution >= 0.6 is 34.5 Å². The second-order valence-electron chi connectivity index (χ2n) is 9.74. The first kappa shape index (κ1) is 31.9. The topological polar surface area (TPSA) is 156 Å². The van der Waals surface area contributed by atoms with Gasteiger partial charge >= 0.3 is 0 Å². The number of anilines is 1. The van der Waals surface area contributed by atoms with Crippen LogP contribution in [0.15, 0.2) is 53.7 Å². The highest BCUT2D eigenvalue weighted by Gasteiger charge is 2.29. The fraction of sp³-hybridized carbons (Fsp3) is 0.346. The Morgan fingerprint density at radius 1 is 1.02 bits per heavy atom. The zero-order valence-corrected chi connectivity index (χ0v) is 25.8. The first-order valence-electron chi connectivity index (χ1n) is 12.5. The number of thiazole rings is 1. The van der Waals surface area contributed by atoms with Gasteiger partial charge in [-0.1, -0.05) is 47.5 Å². The summed E-state index contributed by atoms with van der Waals surface area (Å²) in [5.74, 6) is -1.65. The Hall–Kier alpha value is -2.07. The zero-order chi connectivity index (χ0) is 30.1. The average molecular weight is 665 g/mol. The normalized spacial score (nSPS) is 16.9. The van der Waals surface area contributed by atoms with Crippen molar-refractivity contribution in [1.29, 1.82) is 0 Å². The van der Waals surface area contributed by atoms with Crippen LogP contribution in [-0.2, 0) is 33.2 Å². The van der Waals surface area contributed by atoms with E-state index in [1.165, 1.54) is 11.3 Å². The summed E-state index contributed by atoms with van der Waals surface area (Å²) >= 11 is 13.9. The third-order valence-corrected chi connectivity index (χ3v) is 9.61. The van der Waals surface area contributed by atoms with E-state index in [-0.39, 0.29) is 13.1 Å². The first-order valence-corrected chi connectivity index (χ1v) is 17.3. The van der Waals surface area contributed by atoms with Crippen LogP contribution in [0.3, 0.4) is 0 Å².